The third kappa shape index (κ3) is 2.22. The summed E-state index contributed by atoms with van der Waals surface area (Å²) in [5, 5.41) is 3.00. The first-order valence-corrected chi connectivity index (χ1v) is 5.76. The number of rotatable bonds is 4. The number of hydrogen-bond acceptors (Lipinski definition) is 4. The van der Waals surface area contributed by atoms with E-state index in [0.29, 0.717) is 23.2 Å². The number of ketones is 1. The molecule has 0 atom stereocenters. The summed E-state index contributed by atoms with van der Waals surface area (Å²) in [7, 11) is 1.81. The van der Waals surface area contributed by atoms with Gasteiger partial charge in [-0.1, -0.05) is 13.8 Å². The molecule has 0 aliphatic rings. The summed E-state index contributed by atoms with van der Waals surface area (Å²) in [6, 6.07) is 4.99. The summed E-state index contributed by atoms with van der Waals surface area (Å²) in [6.07, 6.45) is 0. The zero-order chi connectivity index (χ0) is 13.3. The molecule has 0 fully saturated rings. The molecule has 1 aromatic carbocycles. The quantitative estimate of drug-likeness (QED) is 0.805. The fraction of sp³-hybridized carbons (Fsp3) is 0.385. The van der Waals surface area contributed by atoms with Gasteiger partial charge in [0, 0.05) is 17.5 Å². The van der Waals surface area contributed by atoms with E-state index >= 15 is 0 Å². The second kappa shape index (κ2) is 4.42. The van der Waals surface area contributed by atoms with E-state index in [1.54, 1.807) is 18.2 Å². The maximum atomic E-state index is 12.3. The Balaban J connectivity index is 2.41. The van der Waals surface area contributed by atoms with E-state index in [2.05, 4.69) is 10.3 Å². The molecule has 0 amide bonds. The van der Waals surface area contributed by atoms with Crippen molar-refractivity contribution in [2.45, 2.75) is 13.8 Å². The zero-order valence-corrected chi connectivity index (χ0v) is 10.7. The van der Waals surface area contributed by atoms with Gasteiger partial charge in [-0.25, -0.2) is 4.79 Å². The summed E-state index contributed by atoms with van der Waals surface area (Å²) < 4.78 is 4.95. The van der Waals surface area contributed by atoms with Crippen LogP contribution in [0.4, 0.5) is 0 Å². The molecule has 96 valence electrons. The molecule has 2 aromatic rings. The maximum Gasteiger partial charge on any atom is 0.417 e. The second-order valence-corrected chi connectivity index (χ2v) is 4.97. The fourth-order valence-electron chi connectivity index (χ4n) is 2.00. The molecule has 18 heavy (non-hydrogen) atoms. The largest absolute Gasteiger partial charge is 0.417 e. The highest BCUT2D eigenvalue weighted by Crippen LogP contribution is 2.23. The summed E-state index contributed by atoms with van der Waals surface area (Å²) in [6.45, 7) is 4.34. The Bertz CT molecular complexity index is 637. The average Bonchev–Trinajstić information content (AvgIpc) is 2.66. The number of nitrogens with one attached hydrogen (secondary N) is 2. The Morgan fingerprint density at radius 3 is 2.83 bits per heavy atom. The van der Waals surface area contributed by atoms with Crippen molar-refractivity contribution in [2.24, 2.45) is 5.41 Å². The molecule has 2 rings (SSSR count). The predicted molar refractivity (Wildman–Crippen MR) is 68.9 cm³/mol. The molecule has 5 heteroatoms. The van der Waals surface area contributed by atoms with Gasteiger partial charge < -0.3 is 9.73 Å². The SMILES string of the molecule is CNCC(C)(C)C(=O)c1ccc2[nH]c(=O)oc2c1. The van der Waals surface area contributed by atoms with E-state index in [0.717, 1.165) is 0 Å². The standard InChI is InChI=1S/C13H16N2O3/c1-13(2,7-14-3)11(16)8-4-5-9-10(6-8)18-12(17)15-9/h4-6,14H,7H2,1-3H3,(H,15,17). The van der Waals surface area contributed by atoms with Crippen molar-refractivity contribution in [2.75, 3.05) is 13.6 Å². The normalized spacial score (nSPS) is 11.9. The van der Waals surface area contributed by atoms with Crippen LogP contribution in [0.15, 0.2) is 27.4 Å². The van der Waals surface area contributed by atoms with Crippen molar-refractivity contribution in [1.29, 1.82) is 0 Å². The molecular weight excluding hydrogens is 232 g/mol. The van der Waals surface area contributed by atoms with Gasteiger partial charge in [0.05, 0.1) is 5.52 Å². The Morgan fingerprint density at radius 1 is 1.44 bits per heavy atom. The molecule has 0 unspecified atom stereocenters. The minimum absolute atomic E-state index is 0.0163. The van der Waals surface area contributed by atoms with Crippen LogP contribution >= 0.6 is 0 Å². The van der Waals surface area contributed by atoms with E-state index in [1.165, 1.54) is 0 Å². The third-order valence-corrected chi connectivity index (χ3v) is 2.92. The topological polar surface area (TPSA) is 75.1 Å². The Kier molecular flexibility index (Phi) is 3.09. The number of carbonyl (C=O) groups excluding carboxylic acids is 1. The lowest BCUT2D eigenvalue weighted by Crippen LogP contribution is -2.34. The van der Waals surface area contributed by atoms with Crippen LogP contribution in [-0.2, 0) is 0 Å². The average molecular weight is 248 g/mol. The van der Waals surface area contributed by atoms with Gasteiger partial charge in [-0.15, -0.1) is 0 Å². The smallest absolute Gasteiger partial charge is 0.408 e. The minimum atomic E-state index is -0.510. The van der Waals surface area contributed by atoms with Crippen LogP contribution < -0.4 is 11.1 Å². The lowest BCUT2D eigenvalue weighted by Gasteiger charge is -2.22. The van der Waals surface area contributed by atoms with Gasteiger partial charge in [-0.2, -0.15) is 0 Å². The van der Waals surface area contributed by atoms with Crippen molar-refractivity contribution in [3.63, 3.8) is 0 Å². The van der Waals surface area contributed by atoms with E-state index in [4.69, 9.17) is 4.42 Å². The summed E-state index contributed by atoms with van der Waals surface area (Å²) >= 11 is 0. The molecule has 0 aliphatic heterocycles. The highest BCUT2D eigenvalue weighted by atomic mass is 16.4. The van der Waals surface area contributed by atoms with Crippen LogP contribution in [0, 0.1) is 5.41 Å². The summed E-state index contributed by atoms with van der Waals surface area (Å²) in [5.41, 5.74) is 1.05. The number of oxazole rings is 1. The zero-order valence-electron chi connectivity index (χ0n) is 10.7. The van der Waals surface area contributed by atoms with Gasteiger partial charge in [-0.05, 0) is 25.2 Å². The molecule has 0 spiro atoms. The van der Waals surface area contributed by atoms with Crippen molar-refractivity contribution in [1.82, 2.24) is 10.3 Å². The lowest BCUT2D eigenvalue weighted by molar-refractivity contribution is 0.0839. The molecule has 0 saturated heterocycles. The first kappa shape index (κ1) is 12.6. The molecule has 0 aliphatic carbocycles. The highest BCUT2D eigenvalue weighted by molar-refractivity contribution is 6.02. The maximum absolute atomic E-state index is 12.3. The van der Waals surface area contributed by atoms with E-state index in [9.17, 15) is 9.59 Å². The number of Topliss-reactive ketones (excluding diaryl/α,β-unsaturated/α-hetero) is 1. The van der Waals surface area contributed by atoms with Crippen molar-refractivity contribution < 1.29 is 9.21 Å². The van der Waals surface area contributed by atoms with Crippen LogP contribution in [-0.4, -0.2) is 24.4 Å². The molecule has 0 radical (unpaired) electrons. The monoisotopic (exact) mass is 248 g/mol. The fourth-order valence-corrected chi connectivity index (χ4v) is 2.00. The number of benzene rings is 1. The van der Waals surface area contributed by atoms with Crippen LogP contribution in [0.1, 0.15) is 24.2 Å². The summed E-state index contributed by atoms with van der Waals surface area (Å²) in [4.78, 5) is 25.9. The van der Waals surface area contributed by atoms with Crippen LogP contribution in [0.25, 0.3) is 11.1 Å². The van der Waals surface area contributed by atoms with E-state index < -0.39 is 11.2 Å². The minimum Gasteiger partial charge on any atom is -0.408 e. The number of hydrogen-bond donors (Lipinski definition) is 2. The highest BCUT2D eigenvalue weighted by Gasteiger charge is 2.28. The second-order valence-electron chi connectivity index (χ2n) is 4.97. The molecule has 1 aromatic heterocycles. The Hall–Kier alpha value is -1.88. The molecule has 1 heterocycles. The molecule has 0 saturated carbocycles. The van der Waals surface area contributed by atoms with Gasteiger partial charge in [0.15, 0.2) is 11.4 Å². The Labute approximate surface area is 104 Å². The van der Waals surface area contributed by atoms with Crippen molar-refractivity contribution >= 4 is 16.9 Å². The van der Waals surface area contributed by atoms with Gasteiger partial charge in [0.1, 0.15) is 0 Å². The molecular formula is C13H16N2O3. The number of carbonyl (C=O) groups is 1. The molecule has 2 N–H and O–H groups in total. The van der Waals surface area contributed by atoms with Gasteiger partial charge >= 0.3 is 5.76 Å². The van der Waals surface area contributed by atoms with E-state index in [1.807, 2.05) is 20.9 Å². The third-order valence-electron chi connectivity index (χ3n) is 2.92. The van der Waals surface area contributed by atoms with Crippen LogP contribution in [0.2, 0.25) is 0 Å². The molecule has 0 bridgehead atoms. The lowest BCUT2D eigenvalue weighted by atomic mass is 9.84. The number of aromatic nitrogens is 1. The van der Waals surface area contributed by atoms with Crippen molar-refractivity contribution in [3.8, 4) is 0 Å². The van der Waals surface area contributed by atoms with Gasteiger partial charge in [0.25, 0.3) is 0 Å². The summed E-state index contributed by atoms with van der Waals surface area (Å²) in [5.74, 6) is -0.494. The van der Waals surface area contributed by atoms with Crippen LogP contribution in [0.3, 0.4) is 0 Å². The number of H-pyrrole nitrogens is 1. The first-order chi connectivity index (χ1) is 8.44. The van der Waals surface area contributed by atoms with Crippen LogP contribution in [0.5, 0.6) is 0 Å². The first-order valence-electron chi connectivity index (χ1n) is 5.76. The van der Waals surface area contributed by atoms with Gasteiger partial charge in [0.2, 0.25) is 0 Å². The number of aromatic amines is 1. The Morgan fingerprint density at radius 2 is 2.17 bits per heavy atom. The van der Waals surface area contributed by atoms with E-state index in [-0.39, 0.29) is 5.78 Å². The van der Waals surface area contributed by atoms with Gasteiger partial charge in [-0.3, -0.25) is 9.78 Å². The molecule has 5 nitrogen and oxygen atoms in total. The van der Waals surface area contributed by atoms with Crippen molar-refractivity contribution in [3.05, 3.63) is 34.3 Å². The predicted octanol–water partition coefficient (Wildman–Crippen LogP) is 1.55. The number of fused-ring (bicyclic) bond motifs is 1.